The van der Waals surface area contributed by atoms with Crippen LogP contribution in [0.2, 0.25) is 0 Å². The molecule has 1 aliphatic rings. The van der Waals surface area contributed by atoms with Crippen LogP contribution >= 0.6 is 0 Å². The zero-order valence-electron chi connectivity index (χ0n) is 10.4. The van der Waals surface area contributed by atoms with Crippen LogP contribution in [0.3, 0.4) is 0 Å². The topological polar surface area (TPSA) is 48.1 Å². The number of nitrogens with two attached hydrogens (primary N) is 1. The Kier molecular flexibility index (Phi) is 2.76. The Morgan fingerprint density at radius 3 is 2.89 bits per heavy atom. The van der Waals surface area contributed by atoms with Crippen molar-refractivity contribution in [2.75, 3.05) is 7.11 Å². The van der Waals surface area contributed by atoms with E-state index in [0.29, 0.717) is 5.88 Å². The van der Waals surface area contributed by atoms with Gasteiger partial charge in [-0.3, -0.25) is 0 Å². The quantitative estimate of drug-likeness (QED) is 0.878. The molecule has 1 aromatic heterocycles. The first-order chi connectivity index (χ1) is 8.78. The number of aryl methyl sites for hydroxylation is 1. The van der Waals surface area contributed by atoms with Crippen LogP contribution in [-0.4, -0.2) is 12.1 Å². The molecular weight excluding hydrogens is 224 g/mol. The van der Waals surface area contributed by atoms with Gasteiger partial charge >= 0.3 is 0 Å². The van der Waals surface area contributed by atoms with E-state index < -0.39 is 0 Å². The average Bonchev–Trinajstić information content (AvgIpc) is 2.80. The minimum Gasteiger partial charge on any atom is -0.481 e. The molecule has 92 valence electrons. The third-order valence-electron chi connectivity index (χ3n) is 3.55. The largest absolute Gasteiger partial charge is 0.481 e. The minimum atomic E-state index is 0.184. The molecule has 0 saturated heterocycles. The fourth-order valence-corrected chi connectivity index (χ4v) is 2.51. The summed E-state index contributed by atoms with van der Waals surface area (Å²) in [7, 11) is 1.63. The molecule has 1 atom stereocenters. The molecule has 0 fully saturated rings. The van der Waals surface area contributed by atoms with Crippen molar-refractivity contribution in [1.82, 2.24) is 4.98 Å². The Hall–Kier alpha value is -1.87. The predicted molar refractivity (Wildman–Crippen MR) is 71.5 cm³/mol. The van der Waals surface area contributed by atoms with E-state index in [1.807, 2.05) is 12.1 Å². The smallest absolute Gasteiger partial charge is 0.213 e. The molecular formula is C15H16N2O. The van der Waals surface area contributed by atoms with Gasteiger partial charge in [0.25, 0.3) is 0 Å². The van der Waals surface area contributed by atoms with Crippen LogP contribution in [-0.2, 0) is 6.42 Å². The van der Waals surface area contributed by atoms with Crippen LogP contribution < -0.4 is 10.5 Å². The van der Waals surface area contributed by atoms with E-state index in [2.05, 4.69) is 23.2 Å². The van der Waals surface area contributed by atoms with Crippen molar-refractivity contribution in [3.05, 3.63) is 47.7 Å². The lowest BCUT2D eigenvalue weighted by Crippen LogP contribution is -2.05. The average molecular weight is 240 g/mol. The summed E-state index contributed by atoms with van der Waals surface area (Å²) in [5, 5.41) is 0. The van der Waals surface area contributed by atoms with Crippen molar-refractivity contribution >= 4 is 0 Å². The molecule has 1 unspecified atom stereocenters. The number of methoxy groups -OCH3 is 1. The lowest BCUT2D eigenvalue weighted by Gasteiger charge is -2.09. The number of nitrogens with zero attached hydrogens (tertiary/aromatic N) is 1. The molecule has 3 rings (SSSR count). The van der Waals surface area contributed by atoms with E-state index in [9.17, 15) is 0 Å². The second-order valence-corrected chi connectivity index (χ2v) is 4.65. The highest BCUT2D eigenvalue weighted by Gasteiger charge is 2.19. The molecule has 3 nitrogen and oxygen atoms in total. The van der Waals surface area contributed by atoms with Gasteiger partial charge in [0.15, 0.2) is 0 Å². The summed E-state index contributed by atoms with van der Waals surface area (Å²) in [5.74, 6) is 0.636. The molecule has 0 aliphatic heterocycles. The summed E-state index contributed by atoms with van der Waals surface area (Å²) in [6.07, 6.45) is 3.91. The normalized spacial score (nSPS) is 17.6. The molecule has 3 heteroatoms. The first kappa shape index (κ1) is 11.2. The molecule has 0 bridgehead atoms. The van der Waals surface area contributed by atoms with Gasteiger partial charge in [0.2, 0.25) is 5.88 Å². The third kappa shape index (κ3) is 1.87. The number of hydrogen-bond acceptors (Lipinski definition) is 3. The van der Waals surface area contributed by atoms with Crippen LogP contribution in [0.5, 0.6) is 5.88 Å². The summed E-state index contributed by atoms with van der Waals surface area (Å²) in [5.41, 5.74) is 11.1. The molecule has 18 heavy (non-hydrogen) atoms. The Bertz CT molecular complexity index is 580. The van der Waals surface area contributed by atoms with Gasteiger partial charge in [-0.05, 0) is 47.2 Å². The Morgan fingerprint density at radius 1 is 1.22 bits per heavy atom. The van der Waals surface area contributed by atoms with Crippen molar-refractivity contribution in [3.63, 3.8) is 0 Å². The van der Waals surface area contributed by atoms with Gasteiger partial charge in [-0.25, -0.2) is 4.98 Å². The fourth-order valence-electron chi connectivity index (χ4n) is 2.51. The Morgan fingerprint density at radius 2 is 2.06 bits per heavy atom. The second-order valence-electron chi connectivity index (χ2n) is 4.65. The molecule has 1 aliphatic carbocycles. The van der Waals surface area contributed by atoms with E-state index in [0.717, 1.165) is 18.4 Å². The maximum atomic E-state index is 6.11. The summed E-state index contributed by atoms with van der Waals surface area (Å²) in [6, 6.07) is 10.6. The standard InChI is InChI=1S/C15H16N2O/c1-18-15-9-12(6-7-17-15)11-3-2-10-4-5-14(16)13(10)8-11/h2-3,6-9,14H,4-5,16H2,1H3. The molecule has 1 aromatic carbocycles. The van der Waals surface area contributed by atoms with Crippen LogP contribution in [0.15, 0.2) is 36.5 Å². The zero-order valence-corrected chi connectivity index (χ0v) is 10.4. The highest BCUT2D eigenvalue weighted by atomic mass is 16.5. The van der Waals surface area contributed by atoms with E-state index in [-0.39, 0.29) is 6.04 Å². The van der Waals surface area contributed by atoms with Crippen molar-refractivity contribution in [1.29, 1.82) is 0 Å². The molecule has 2 N–H and O–H groups in total. The number of ether oxygens (including phenoxy) is 1. The maximum absolute atomic E-state index is 6.11. The highest BCUT2D eigenvalue weighted by Crippen LogP contribution is 2.33. The monoisotopic (exact) mass is 240 g/mol. The molecule has 0 spiro atoms. The number of aromatic nitrogens is 1. The van der Waals surface area contributed by atoms with E-state index in [1.165, 1.54) is 16.7 Å². The third-order valence-corrected chi connectivity index (χ3v) is 3.55. The van der Waals surface area contributed by atoms with Crippen molar-refractivity contribution < 1.29 is 4.74 Å². The molecule has 0 amide bonds. The second kappa shape index (κ2) is 4.42. The molecule has 0 saturated carbocycles. The van der Waals surface area contributed by atoms with E-state index in [4.69, 9.17) is 10.5 Å². The minimum absolute atomic E-state index is 0.184. The lowest BCUT2D eigenvalue weighted by atomic mass is 10.0. The number of pyridine rings is 1. The highest BCUT2D eigenvalue weighted by molar-refractivity contribution is 5.66. The summed E-state index contributed by atoms with van der Waals surface area (Å²) < 4.78 is 5.15. The Labute approximate surface area is 107 Å². The summed E-state index contributed by atoms with van der Waals surface area (Å²) in [6.45, 7) is 0. The van der Waals surface area contributed by atoms with Crippen LogP contribution in [0, 0.1) is 0 Å². The van der Waals surface area contributed by atoms with Gasteiger partial charge in [-0.1, -0.05) is 12.1 Å². The Balaban J connectivity index is 2.04. The van der Waals surface area contributed by atoms with Gasteiger partial charge in [0.1, 0.15) is 0 Å². The predicted octanol–water partition coefficient (Wildman–Crippen LogP) is 2.70. The van der Waals surface area contributed by atoms with E-state index >= 15 is 0 Å². The first-order valence-electron chi connectivity index (χ1n) is 6.17. The van der Waals surface area contributed by atoms with Crippen molar-refractivity contribution in [3.8, 4) is 17.0 Å². The molecule has 2 aromatic rings. The van der Waals surface area contributed by atoms with Crippen LogP contribution in [0.1, 0.15) is 23.6 Å². The zero-order chi connectivity index (χ0) is 12.5. The first-order valence-corrected chi connectivity index (χ1v) is 6.17. The van der Waals surface area contributed by atoms with Crippen molar-refractivity contribution in [2.45, 2.75) is 18.9 Å². The lowest BCUT2D eigenvalue weighted by molar-refractivity contribution is 0.398. The molecule has 0 radical (unpaired) electrons. The number of fused-ring (bicyclic) bond motifs is 1. The van der Waals surface area contributed by atoms with Gasteiger partial charge < -0.3 is 10.5 Å². The van der Waals surface area contributed by atoms with Gasteiger partial charge in [0.05, 0.1) is 7.11 Å². The summed E-state index contributed by atoms with van der Waals surface area (Å²) in [4.78, 5) is 4.12. The fraction of sp³-hybridized carbons (Fsp3) is 0.267. The van der Waals surface area contributed by atoms with Crippen LogP contribution in [0.25, 0.3) is 11.1 Å². The number of benzene rings is 1. The summed E-state index contributed by atoms with van der Waals surface area (Å²) >= 11 is 0. The number of hydrogen-bond donors (Lipinski definition) is 1. The maximum Gasteiger partial charge on any atom is 0.213 e. The van der Waals surface area contributed by atoms with Crippen LogP contribution in [0.4, 0.5) is 0 Å². The van der Waals surface area contributed by atoms with Gasteiger partial charge in [-0.15, -0.1) is 0 Å². The van der Waals surface area contributed by atoms with Gasteiger partial charge in [0, 0.05) is 18.3 Å². The van der Waals surface area contributed by atoms with Crippen molar-refractivity contribution in [2.24, 2.45) is 5.73 Å². The SMILES string of the molecule is COc1cc(-c2ccc3c(c2)C(N)CC3)ccn1. The van der Waals surface area contributed by atoms with E-state index in [1.54, 1.807) is 13.3 Å². The number of rotatable bonds is 2. The molecule has 1 heterocycles. The van der Waals surface area contributed by atoms with Gasteiger partial charge in [-0.2, -0.15) is 0 Å².